The van der Waals surface area contributed by atoms with Crippen molar-refractivity contribution in [3.8, 4) is 0 Å². The number of aromatic nitrogens is 2. The molecular formula is C21H32N4O2S. The molecule has 1 saturated carbocycles. The van der Waals surface area contributed by atoms with Gasteiger partial charge in [0.25, 0.3) is 0 Å². The van der Waals surface area contributed by atoms with Crippen LogP contribution in [-0.2, 0) is 11.3 Å². The van der Waals surface area contributed by atoms with Crippen molar-refractivity contribution in [1.82, 2.24) is 14.9 Å². The van der Waals surface area contributed by atoms with Crippen LogP contribution in [0.1, 0.15) is 48.9 Å². The monoisotopic (exact) mass is 404 g/mol. The average Bonchev–Trinajstić information content (AvgIpc) is 2.97. The van der Waals surface area contributed by atoms with Gasteiger partial charge in [0.1, 0.15) is 16.5 Å². The number of hydrogen-bond acceptors (Lipinski definition) is 7. The van der Waals surface area contributed by atoms with Gasteiger partial charge in [-0.1, -0.05) is 19.8 Å². The third kappa shape index (κ3) is 4.03. The van der Waals surface area contributed by atoms with Crippen molar-refractivity contribution >= 4 is 27.4 Å². The zero-order valence-electron chi connectivity index (χ0n) is 17.3. The Morgan fingerprint density at radius 1 is 1.25 bits per heavy atom. The first-order valence-corrected chi connectivity index (χ1v) is 11.3. The lowest BCUT2D eigenvalue weighted by Crippen LogP contribution is -2.41. The van der Waals surface area contributed by atoms with Crippen LogP contribution in [0, 0.1) is 19.3 Å². The van der Waals surface area contributed by atoms with Crippen molar-refractivity contribution in [2.75, 3.05) is 38.2 Å². The number of nitrogens with one attached hydrogen (secondary N) is 1. The second-order valence-electron chi connectivity index (χ2n) is 8.61. The average molecular weight is 405 g/mol. The number of anilines is 1. The summed E-state index contributed by atoms with van der Waals surface area (Å²) < 4.78 is 5.46. The molecule has 154 valence electrons. The maximum atomic E-state index is 10.6. The molecule has 2 aliphatic rings. The molecule has 0 aromatic carbocycles. The van der Waals surface area contributed by atoms with Crippen LogP contribution >= 0.6 is 11.3 Å². The molecule has 0 amide bonds. The molecular weight excluding hydrogens is 372 g/mol. The first kappa shape index (κ1) is 20.0. The standard InChI is InChI=1S/C21H32N4O2S/c1-14-15(2)28-20-18(14)19(22-13-21(3)7-5-4-6-16(21)26)23-17(24-20)12-25-8-10-27-11-9-25/h16,26H,4-13H2,1-3H3,(H,22,23,24). The predicted octanol–water partition coefficient (Wildman–Crippen LogP) is 3.49. The van der Waals surface area contributed by atoms with E-state index in [-0.39, 0.29) is 11.5 Å². The molecule has 0 bridgehead atoms. The van der Waals surface area contributed by atoms with Crippen molar-refractivity contribution in [2.45, 2.75) is 59.1 Å². The Morgan fingerprint density at radius 2 is 2.04 bits per heavy atom. The minimum atomic E-state index is -0.246. The quantitative estimate of drug-likeness (QED) is 0.795. The first-order chi connectivity index (χ1) is 13.5. The Kier molecular flexibility index (Phi) is 5.88. The highest BCUT2D eigenvalue weighted by Crippen LogP contribution is 2.38. The van der Waals surface area contributed by atoms with Gasteiger partial charge < -0.3 is 15.2 Å². The Bertz CT molecular complexity index is 833. The molecule has 2 unspecified atom stereocenters. The molecule has 2 aromatic rings. The molecule has 28 heavy (non-hydrogen) atoms. The Hall–Kier alpha value is -1.28. The third-order valence-electron chi connectivity index (χ3n) is 6.48. The molecule has 2 atom stereocenters. The minimum Gasteiger partial charge on any atom is -0.392 e. The molecule has 4 rings (SSSR count). The molecule has 2 aromatic heterocycles. The van der Waals surface area contributed by atoms with Crippen LogP contribution in [-0.4, -0.2) is 58.9 Å². The summed E-state index contributed by atoms with van der Waals surface area (Å²) in [6.07, 6.45) is 4.02. The highest BCUT2D eigenvalue weighted by Gasteiger charge is 2.35. The summed E-state index contributed by atoms with van der Waals surface area (Å²) in [7, 11) is 0. The van der Waals surface area contributed by atoms with Crippen molar-refractivity contribution in [3.05, 3.63) is 16.3 Å². The molecule has 3 heterocycles. The van der Waals surface area contributed by atoms with Gasteiger partial charge in [-0.3, -0.25) is 4.90 Å². The molecule has 7 heteroatoms. The van der Waals surface area contributed by atoms with Crippen LogP contribution in [0.15, 0.2) is 0 Å². The molecule has 2 fully saturated rings. The number of aryl methyl sites for hydroxylation is 2. The van der Waals surface area contributed by atoms with E-state index in [0.717, 1.165) is 80.5 Å². The lowest BCUT2D eigenvalue weighted by Gasteiger charge is -2.38. The number of aliphatic hydroxyl groups is 1. The van der Waals surface area contributed by atoms with Crippen molar-refractivity contribution in [2.24, 2.45) is 5.41 Å². The van der Waals surface area contributed by atoms with Gasteiger partial charge in [-0.25, -0.2) is 9.97 Å². The second-order valence-corrected chi connectivity index (χ2v) is 9.81. The number of thiophene rings is 1. The van der Waals surface area contributed by atoms with Gasteiger partial charge in [0.2, 0.25) is 0 Å². The summed E-state index contributed by atoms with van der Waals surface area (Å²) in [5.41, 5.74) is 1.16. The van der Waals surface area contributed by atoms with E-state index in [9.17, 15) is 5.11 Å². The SMILES string of the molecule is Cc1sc2nc(CN3CCOCC3)nc(NCC3(C)CCCCC3O)c2c1C. The summed E-state index contributed by atoms with van der Waals surface area (Å²) in [4.78, 5) is 14.5. The van der Waals surface area contributed by atoms with Gasteiger partial charge in [0, 0.05) is 29.9 Å². The first-order valence-electron chi connectivity index (χ1n) is 10.4. The van der Waals surface area contributed by atoms with E-state index in [1.165, 1.54) is 16.9 Å². The largest absolute Gasteiger partial charge is 0.392 e. The maximum Gasteiger partial charge on any atom is 0.146 e. The van der Waals surface area contributed by atoms with Crippen LogP contribution in [0.2, 0.25) is 0 Å². The van der Waals surface area contributed by atoms with Gasteiger partial charge in [-0.2, -0.15) is 0 Å². The summed E-state index contributed by atoms with van der Waals surface area (Å²) in [5.74, 6) is 1.79. The van der Waals surface area contributed by atoms with E-state index in [4.69, 9.17) is 14.7 Å². The molecule has 0 spiro atoms. The summed E-state index contributed by atoms with van der Waals surface area (Å²) >= 11 is 1.75. The van der Waals surface area contributed by atoms with Crippen LogP contribution in [0.3, 0.4) is 0 Å². The number of fused-ring (bicyclic) bond motifs is 1. The van der Waals surface area contributed by atoms with E-state index in [0.29, 0.717) is 0 Å². The molecule has 0 radical (unpaired) electrons. The third-order valence-corrected chi connectivity index (χ3v) is 7.58. The number of nitrogens with zero attached hydrogens (tertiary/aromatic N) is 3. The summed E-state index contributed by atoms with van der Waals surface area (Å²) in [5, 5.41) is 15.3. The maximum absolute atomic E-state index is 10.6. The van der Waals surface area contributed by atoms with E-state index >= 15 is 0 Å². The number of ether oxygens (including phenoxy) is 1. The number of hydrogen-bond donors (Lipinski definition) is 2. The number of aliphatic hydroxyl groups excluding tert-OH is 1. The summed E-state index contributed by atoms with van der Waals surface area (Å²) in [6.45, 7) is 11.4. The Balaban J connectivity index is 1.61. The number of rotatable bonds is 5. The van der Waals surface area contributed by atoms with Crippen LogP contribution in [0.25, 0.3) is 10.2 Å². The van der Waals surface area contributed by atoms with Gasteiger partial charge in [0.05, 0.1) is 31.2 Å². The Labute approximate surface area is 171 Å². The van der Waals surface area contributed by atoms with Crippen molar-refractivity contribution in [1.29, 1.82) is 0 Å². The highest BCUT2D eigenvalue weighted by molar-refractivity contribution is 7.18. The minimum absolute atomic E-state index is 0.0983. The normalized spacial score (nSPS) is 26.6. The topological polar surface area (TPSA) is 70.5 Å². The smallest absolute Gasteiger partial charge is 0.146 e. The lowest BCUT2D eigenvalue weighted by atomic mass is 9.73. The fourth-order valence-corrected chi connectivity index (χ4v) is 5.37. The molecule has 1 aliphatic carbocycles. The zero-order valence-corrected chi connectivity index (χ0v) is 18.1. The fraction of sp³-hybridized carbons (Fsp3) is 0.714. The molecule has 1 saturated heterocycles. The van der Waals surface area contributed by atoms with Gasteiger partial charge in [-0.05, 0) is 32.3 Å². The van der Waals surface area contributed by atoms with Gasteiger partial charge in [0.15, 0.2) is 0 Å². The lowest BCUT2D eigenvalue weighted by molar-refractivity contribution is 0.00959. The molecule has 6 nitrogen and oxygen atoms in total. The highest BCUT2D eigenvalue weighted by atomic mass is 32.1. The number of morpholine rings is 1. The zero-order chi connectivity index (χ0) is 19.7. The van der Waals surface area contributed by atoms with Crippen LogP contribution < -0.4 is 5.32 Å². The van der Waals surface area contributed by atoms with E-state index in [1.54, 1.807) is 11.3 Å². The second kappa shape index (κ2) is 8.22. The molecule has 1 aliphatic heterocycles. The van der Waals surface area contributed by atoms with Gasteiger partial charge in [-0.15, -0.1) is 11.3 Å². The Morgan fingerprint density at radius 3 is 2.79 bits per heavy atom. The van der Waals surface area contributed by atoms with E-state index in [1.807, 2.05) is 0 Å². The predicted molar refractivity (Wildman–Crippen MR) is 114 cm³/mol. The van der Waals surface area contributed by atoms with Gasteiger partial charge >= 0.3 is 0 Å². The van der Waals surface area contributed by atoms with Crippen LogP contribution in [0.5, 0.6) is 0 Å². The van der Waals surface area contributed by atoms with E-state index in [2.05, 4.69) is 31.0 Å². The van der Waals surface area contributed by atoms with E-state index < -0.39 is 0 Å². The van der Waals surface area contributed by atoms with Crippen molar-refractivity contribution < 1.29 is 9.84 Å². The van der Waals surface area contributed by atoms with Crippen LogP contribution in [0.4, 0.5) is 5.82 Å². The van der Waals surface area contributed by atoms with Crippen molar-refractivity contribution in [3.63, 3.8) is 0 Å². The fourth-order valence-electron chi connectivity index (χ4n) is 4.33. The summed E-state index contributed by atoms with van der Waals surface area (Å²) in [6, 6.07) is 0. The molecule has 2 N–H and O–H groups in total.